The molecule has 0 bridgehead atoms. The van der Waals surface area contributed by atoms with Crippen molar-refractivity contribution in [2.24, 2.45) is 0 Å². The molecule has 1 aliphatic rings. The van der Waals surface area contributed by atoms with Crippen molar-refractivity contribution >= 4 is 28.7 Å². The Morgan fingerprint density at radius 1 is 1.05 bits per heavy atom. The van der Waals surface area contributed by atoms with Crippen molar-refractivity contribution in [1.82, 2.24) is 0 Å². The number of fused-ring (bicyclic) bond motifs is 1. The number of thiocarbonyl (C=S) groups is 1. The van der Waals surface area contributed by atoms with Crippen LogP contribution in [0.1, 0.15) is 29.5 Å². The van der Waals surface area contributed by atoms with Gasteiger partial charge in [0, 0.05) is 5.69 Å². The van der Waals surface area contributed by atoms with Crippen LogP contribution in [0.3, 0.4) is 0 Å². The van der Waals surface area contributed by atoms with Crippen molar-refractivity contribution in [3.8, 4) is 0 Å². The van der Waals surface area contributed by atoms with Crippen LogP contribution in [-0.2, 0) is 12.8 Å². The number of aryl methyl sites for hydroxylation is 2. The van der Waals surface area contributed by atoms with Gasteiger partial charge in [0.15, 0.2) is 5.11 Å². The summed E-state index contributed by atoms with van der Waals surface area (Å²) in [5.74, 6) is -0.301. The Bertz CT molecular complexity index is 712. The Kier molecular flexibility index (Phi) is 4.39. The Hall–Kier alpha value is -1.94. The third-order valence-corrected chi connectivity index (χ3v) is 4.22. The van der Waals surface area contributed by atoms with E-state index < -0.39 is 0 Å². The lowest BCUT2D eigenvalue weighted by Crippen LogP contribution is -2.21. The molecule has 0 amide bonds. The van der Waals surface area contributed by atoms with E-state index in [0.717, 1.165) is 24.1 Å². The lowest BCUT2D eigenvalue weighted by atomic mass is 9.90. The van der Waals surface area contributed by atoms with Crippen molar-refractivity contribution in [3.63, 3.8) is 0 Å². The fourth-order valence-corrected chi connectivity index (χ4v) is 3.13. The van der Waals surface area contributed by atoms with Crippen LogP contribution in [0.15, 0.2) is 36.4 Å². The molecule has 0 aromatic heterocycles. The molecule has 2 aromatic rings. The average Bonchev–Trinajstić information content (AvgIpc) is 2.51. The van der Waals surface area contributed by atoms with Gasteiger partial charge in [0.1, 0.15) is 5.82 Å². The van der Waals surface area contributed by atoms with Crippen molar-refractivity contribution in [3.05, 3.63) is 58.9 Å². The van der Waals surface area contributed by atoms with Crippen LogP contribution in [0.2, 0.25) is 0 Å². The van der Waals surface area contributed by atoms with Crippen molar-refractivity contribution < 1.29 is 4.39 Å². The van der Waals surface area contributed by atoms with Crippen LogP contribution in [-0.4, -0.2) is 5.11 Å². The summed E-state index contributed by atoms with van der Waals surface area (Å²) in [6.45, 7) is 1.93. The lowest BCUT2D eigenvalue weighted by molar-refractivity contribution is 0.632. The Balaban J connectivity index is 1.76. The maximum absolute atomic E-state index is 13.8. The second-order valence-electron chi connectivity index (χ2n) is 5.71. The van der Waals surface area contributed by atoms with E-state index in [1.54, 1.807) is 12.1 Å². The molecule has 114 valence electrons. The molecule has 0 heterocycles. The highest BCUT2D eigenvalue weighted by Crippen LogP contribution is 2.28. The number of rotatable bonds is 2. The van der Waals surface area contributed by atoms with Gasteiger partial charge in [-0.3, -0.25) is 0 Å². The summed E-state index contributed by atoms with van der Waals surface area (Å²) in [7, 11) is 0. The highest BCUT2D eigenvalue weighted by Gasteiger charge is 2.13. The smallest absolute Gasteiger partial charge is 0.175 e. The van der Waals surface area contributed by atoms with E-state index in [0.29, 0.717) is 10.8 Å². The summed E-state index contributed by atoms with van der Waals surface area (Å²) in [5.41, 5.74) is 5.15. The normalized spacial score (nSPS) is 13.4. The van der Waals surface area contributed by atoms with Gasteiger partial charge in [0.25, 0.3) is 0 Å². The van der Waals surface area contributed by atoms with Gasteiger partial charge >= 0.3 is 0 Å². The summed E-state index contributed by atoms with van der Waals surface area (Å²) >= 11 is 5.34. The molecule has 0 saturated carbocycles. The SMILES string of the molecule is Cc1ccc(F)c(NC(=S)Nc2cccc3c2CCCC3)c1. The first kappa shape index (κ1) is 15.0. The molecular formula is C18H19FN2S. The minimum Gasteiger partial charge on any atom is -0.332 e. The predicted octanol–water partition coefficient (Wildman–Crippen LogP) is 4.82. The van der Waals surface area contributed by atoms with Gasteiger partial charge in [-0.2, -0.15) is 0 Å². The molecule has 0 atom stereocenters. The zero-order valence-corrected chi connectivity index (χ0v) is 13.4. The third-order valence-electron chi connectivity index (χ3n) is 4.01. The topological polar surface area (TPSA) is 24.1 Å². The van der Waals surface area contributed by atoms with E-state index in [9.17, 15) is 4.39 Å². The van der Waals surface area contributed by atoms with E-state index in [1.807, 2.05) is 19.1 Å². The molecule has 0 aliphatic heterocycles. The molecule has 2 N–H and O–H groups in total. The first-order valence-corrected chi connectivity index (χ1v) is 7.99. The minimum atomic E-state index is -0.301. The highest BCUT2D eigenvalue weighted by molar-refractivity contribution is 7.80. The van der Waals surface area contributed by atoms with Gasteiger partial charge in [-0.1, -0.05) is 18.2 Å². The number of hydrogen-bond donors (Lipinski definition) is 2. The molecule has 2 nitrogen and oxygen atoms in total. The molecule has 3 rings (SSSR count). The van der Waals surface area contributed by atoms with Crippen LogP contribution >= 0.6 is 12.2 Å². The molecule has 0 fully saturated rings. The number of nitrogens with one attached hydrogen (secondary N) is 2. The van der Waals surface area contributed by atoms with Gasteiger partial charge in [-0.15, -0.1) is 0 Å². The molecular weight excluding hydrogens is 295 g/mol. The van der Waals surface area contributed by atoms with E-state index in [1.165, 1.54) is 30.0 Å². The van der Waals surface area contributed by atoms with Gasteiger partial charge in [-0.05, 0) is 79.7 Å². The van der Waals surface area contributed by atoms with Crippen LogP contribution in [0.4, 0.5) is 15.8 Å². The minimum absolute atomic E-state index is 0.301. The summed E-state index contributed by atoms with van der Waals surface area (Å²) in [4.78, 5) is 0. The van der Waals surface area contributed by atoms with E-state index in [-0.39, 0.29) is 5.82 Å². The predicted molar refractivity (Wildman–Crippen MR) is 94.1 cm³/mol. The Morgan fingerprint density at radius 2 is 1.82 bits per heavy atom. The molecule has 0 spiro atoms. The van der Waals surface area contributed by atoms with Crippen molar-refractivity contribution in [1.29, 1.82) is 0 Å². The molecule has 2 aromatic carbocycles. The van der Waals surface area contributed by atoms with E-state index in [2.05, 4.69) is 16.7 Å². The zero-order valence-electron chi connectivity index (χ0n) is 12.6. The molecule has 0 radical (unpaired) electrons. The maximum Gasteiger partial charge on any atom is 0.175 e. The Labute approximate surface area is 135 Å². The fraction of sp³-hybridized carbons (Fsp3) is 0.278. The van der Waals surface area contributed by atoms with Crippen LogP contribution in [0, 0.1) is 12.7 Å². The first-order valence-electron chi connectivity index (χ1n) is 7.58. The molecule has 4 heteroatoms. The van der Waals surface area contributed by atoms with Gasteiger partial charge < -0.3 is 10.6 Å². The van der Waals surface area contributed by atoms with Gasteiger partial charge in [-0.25, -0.2) is 4.39 Å². The lowest BCUT2D eigenvalue weighted by Gasteiger charge is -2.20. The quantitative estimate of drug-likeness (QED) is 0.777. The number of anilines is 2. The van der Waals surface area contributed by atoms with Crippen molar-refractivity contribution in [2.75, 3.05) is 10.6 Å². The van der Waals surface area contributed by atoms with E-state index in [4.69, 9.17) is 12.2 Å². The molecule has 0 unspecified atom stereocenters. The third kappa shape index (κ3) is 3.28. The van der Waals surface area contributed by atoms with Crippen LogP contribution < -0.4 is 10.6 Å². The standard InChI is InChI=1S/C18H19FN2S/c1-12-9-10-15(19)17(11-12)21-18(22)20-16-8-4-6-13-5-2-3-7-14(13)16/h4,6,8-11H,2-3,5,7H2,1H3,(H2,20,21,22). The molecule has 22 heavy (non-hydrogen) atoms. The Morgan fingerprint density at radius 3 is 2.68 bits per heavy atom. The first-order chi connectivity index (χ1) is 10.6. The largest absolute Gasteiger partial charge is 0.332 e. The van der Waals surface area contributed by atoms with Crippen molar-refractivity contribution in [2.45, 2.75) is 32.6 Å². The van der Waals surface area contributed by atoms with Crippen LogP contribution in [0.5, 0.6) is 0 Å². The number of halogens is 1. The second-order valence-corrected chi connectivity index (χ2v) is 6.12. The monoisotopic (exact) mass is 314 g/mol. The number of benzene rings is 2. The average molecular weight is 314 g/mol. The number of hydrogen-bond acceptors (Lipinski definition) is 1. The molecule has 0 saturated heterocycles. The fourth-order valence-electron chi connectivity index (χ4n) is 2.91. The summed E-state index contributed by atoms with van der Waals surface area (Å²) in [6, 6.07) is 11.2. The zero-order chi connectivity index (χ0) is 15.5. The van der Waals surface area contributed by atoms with Crippen LogP contribution in [0.25, 0.3) is 0 Å². The maximum atomic E-state index is 13.8. The van der Waals surface area contributed by atoms with E-state index >= 15 is 0 Å². The summed E-state index contributed by atoms with van der Waals surface area (Å²) < 4.78 is 13.8. The van der Waals surface area contributed by atoms with Gasteiger partial charge in [0.05, 0.1) is 5.69 Å². The second kappa shape index (κ2) is 6.44. The molecule has 1 aliphatic carbocycles. The van der Waals surface area contributed by atoms with Gasteiger partial charge in [0.2, 0.25) is 0 Å². The summed E-state index contributed by atoms with van der Waals surface area (Å²) in [6.07, 6.45) is 4.64. The summed E-state index contributed by atoms with van der Waals surface area (Å²) in [5, 5.41) is 6.59. The highest BCUT2D eigenvalue weighted by atomic mass is 32.1.